The third kappa shape index (κ3) is 3.00. The Bertz CT molecular complexity index is 1340. The van der Waals surface area contributed by atoms with Crippen LogP contribution in [0, 0.1) is 0 Å². The van der Waals surface area contributed by atoms with Crippen molar-refractivity contribution in [3.63, 3.8) is 0 Å². The maximum absolute atomic E-state index is 13.2. The molecule has 3 heterocycles. The van der Waals surface area contributed by atoms with E-state index in [1.165, 1.54) is 27.1 Å². The molecule has 0 saturated heterocycles. The van der Waals surface area contributed by atoms with E-state index in [1.807, 2.05) is 29.6 Å². The highest BCUT2D eigenvalue weighted by Crippen LogP contribution is 2.31. The minimum absolute atomic E-state index is 0.108. The lowest BCUT2D eigenvalue weighted by atomic mass is 10.1. The van der Waals surface area contributed by atoms with E-state index in [0.717, 1.165) is 15.6 Å². The van der Waals surface area contributed by atoms with Gasteiger partial charge in [-0.3, -0.25) is 23.9 Å². The van der Waals surface area contributed by atoms with Gasteiger partial charge in [0.2, 0.25) is 0 Å². The first-order valence-electron chi connectivity index (χ1n) is 9.22. The van der Waals surface area contributed by atoms with E-state index in [4.69, 9.17) is 0 Å². The number of imide groups is 1. The lowest BCUT2D eigenvalue weighted by Crippen LogP contribution is -2.35. The van der Waals surface area contributed by atoms with E-state index in [-0.39, 0.29) is 30.5 Å². The van der Waals surface area contributed by atoms with Crippen LogP contribution in [0.2, 0.25) is 0 Å². The highest BCUT2D eigenvalue weighted by molar-refractivity contribution is 9.10. The molecule has 6 nitrogen and oxygen atoms in total. The summed E-state index contributed by atoms with van der Waals surface area (Å²) in [7, 11) is 0. The van der Waals surface area contributed by atoms with Crippen LogP contribution in [-0.2, 0) is 6.54 Å². The lowest BCUT2D eigenvalue weighted by Gasteiger charge is -2.14. The molecule has 148 valence electrons. The molecular weight excluding hydrogens is 466 g/mol. The second-order valence-electron chi connectivity index (χ2n) is 6.89. The number of fused-ring (bicyclic) bond motifs is 2. The molecule has 30 heavy (non-hydrogen) atoms. The normalized spacial score (nSPS) is 13.3. The number of thiophene rings is 1. The fraction of sp³-hybridized carbons (Fsp3) is 0.0909. The smallest absolute Gasteiger partial charge is 0.262 e. The van der Waals surface area contributed by atoms with Gasteiger partial charge >= 0.3 is 0 Å². The minimum Gasteiger partial charge on any atom is -0.297 e. The Kier molecular flexibility index (Phi) is 4.60. The Morgan fingerprint density at radius 3 is 2.20 bits per heavy atom. The molecule has 0 saturated carbocycles. The predicted octanol–water partition coefficient (Wildman–Crippen LogP) is 4.18. The molecule has 2 amide bonds. The van der Waals surface area contributed by atoms with Gasteiger partial charge in [-0.05, 0) is 29.8 Å². The first-order valence-corrected chi connectivity index (χ1v) is 10.9. The third-order valence-electron chi connectivity index (χ3n) is 5.16. The van der Waals surface area contributed by atoms with Crippen molar-refractivity contribution in [3.8, 4) is 11.1 Å². The summed E-state index contributed by atoms with van der Waals surface area (Å²) in [5, 5.41) is 2.48. The van der Waals surface area contributed by atoms with Crippen LogP contribution >= 0.6 is 27.3 Å². The molecule has 1 aliphatic heterocycles. The average Bonchev–Trinajstić information content (AvgIpc) is 3.29. The number of carbonyl (C=O) groups excluding carboxylic acids is 2. The van der Waals surface area contributed by atoms with Gasteiger partial charge in [-0.25, -0.2) is 4.98 Å². The zero-order valence-electron chi connectivity index (χ0n) is 15.5. The molecule has 1 aliphatic rings. The van der Waals surface area contributed by atoms with Crippen molar-refractivity contribution in [2.75, 3.05) is 6.54 Å². The Morgan fingerprint density at radius 2 is 1.53 bits per heavy atom. The number of halogens is 1. The molecule has 0 atom stereocenters. The monoisotopic (exact) mass is 479 g/mol. The van der Waals surface area contributed by atoms with Crippen LogP contribution in [0.5, 0.6) is 0 Å². The summed E-state index contributed by atoms with van der Waals surface area (Å²) in [6.07, 6.45) is 1.48. The Hall–Kier alpha value is -3.10. The molecule has 5 rings (SSSR count). The van der Waals surface area contributed by atoms with E-state index >= 15 is 0 Å². The van der Waals surface area contributed by atoms with Gasteiger partial charge in [-0.15, -0.1) is 11.3 Å². The molecule has 0 fully saturated rings. The zero-order chi connectivity index (χ0) is 20.8. The number of hydrogen-bond donors (Lipinski definition) is 0. The maximum Gasteiger partial charge on any atom is 0.262 e. The number of amides is 2. The predicted molar refractivity (Wildman–Crippen MR) is 119 cm³/mol. The molecule has 0 unspecified atom stereocenters. The van der Waals surface area contributed by atoms with Crippen LogP contribution in [0.1, 0.15) is 20.7 Å². The Morgan fingerprint density at radius 1 is 0.867 bits per heavy atom. The molecule has 2 aromatic heterocycles. The summed E-state index contributed by atoms with van der Waals surface area (Å²) in [5.74, 6) is -0.660. The molecule has 2 aromatic carbocycles. The molecule has 0 spiro atoms. The molecule has 0 aliphatic carbocycles. The van der Waals surface area contributed by atoms with Gasteiger partial charge < -0.3 is 0 Å². The standard InChI is InChI=1S/C22H14BrN3O3S/c23-14-7-5-13(6-8-14)17-11-30-19-18(17)22(29)25(12-24-19)9-10-26-20(27)15-3-1-2-4-16(15)21(26)28/h1-8,11-12H,9-10H2. The largest absolute Gasteiger partial charge is 0.297 e. The first-order chi connectivity index (χ1) is 14.5. The van der Waals surface area contributed by atoms with Gasteiger partial charge in [-0.2, -0.15) is 0 Å². The highest BCUT2D eigenvalue weighted by atomic mass is 79.9. The number of hydrogen-bond acceptors (Lipinski definition) is 5. The average molecular weight is 480 g/mol. The fourth-order valence-electron chi connectivity index (χ4n) is 3.62. The SMILES string of the molecule is O=C1c2ccccc2C(=O)N1CCn1cnc2scc(-c3ccc(Br)cc3)c2c1=O. The van der Waals surface area contributed by atoms with Crippen molar-refractivity contribution in [2.24, 2.45) is 0 Å². The number of aromatic nitrogens is 2. The van der Waals surface area contributed by atoms with E-state index in [2.05, 4.69) is 20.9 Å². The van der Waals surface area contributed by atoms with Gasteiger partial charge in [0.05, 0.1) is 22.8 Å². The fourth-order valence-corrected chi connectivity index (χ4v) is 4.79. The molecule has 8 heteroatoms. The maximum atomic E-state index is 13.2. The molecule has 0 N–H and O–H groups in total. The lowest BCUT2D eigenvalue weighted by molar-refractivity contribution is 0.0648. The summed E-state index contributed by atoms with van der Waals surface area (Å²) < 4.78 is 2.42. The summed E-state index contributed by atoms with van der Waals surface area (Å²) in [4.78, 5) is 44.5. The van der Waals surface area contributed by atoms with Gasteiger partial charge in [0.25, 0.3) is 17.4 Å². The van der Waals surface area contributed by atoms with Crippen LogP contribution in [0.15, 0.2) is 69.5 Å². The number of benzene rings is 2. The van der Waals surface area contributed by atoms with E-state index < -0.39 is 0 Å². The highest BCUT2D eigenvalue weighted by Gasteiger charge is 2.34. The van der Waals surface area contributed by atoms with E-state index in [1.54, 1.807) is 24.3 Å². The summed E-state index contributed by atoms with van der Waals surface area (Å²) in [6, 6.07) is 14.5. The summed E-state index contributed by atoms with van der Waals surface area (Å²) >= 11 is 4.84. The van der Waals surface area contributed by atoms with Crippen LogP contribution in [0.25, 0.3) is 21.3 Å². The van der Waals surface area contributed by atoms with Gasteiger partial charge in [-0.1, -0.05) is 40.2 Å². The van der Waals surface area contributed by atoms with Crippen molar-refractivity contribution in [2.45, 2.75) is 6.54 Å². The zero-order valence-corrected chi connectivity index (χ0v) is 17.9. The van der Waals surface area contributed by atoms with E-state index in [9.17, 15) is 14.4 Å². The number of nitrogens with zero attached hydrogens (tertiary/aromatic N) is 3. The van der Waals surface area contributed by atoms with Gasteiger partial charge in [0.15, 0.2) is 0 Å². The van der Waals surface area contributed by atoms with Crippen molar-refractivity contribution >= 4 is 49.3 Å². The molecular formula is C22H14BrN3O3S. The molecule has 4 aromatic rings. The van der Waals surface area contributed by atoms with Crippen molar-refractivity contribution in [3.05, 3.63) is 86.2 Å². The third-order valence-corrected chi connectivity index (χ3v) is 6.57. The number of rotatable bonds is 4. The topological polar surface area (TPSA) is 72.3 Å². The minimum atomic E-state index is -0.330. The number of carbonyl (C=O) groups is 2. The first kappa shape index (κ1) is 18.9. The van der Waals surface area contributed by atoms with Crippen LogP contribution in [0.4, 0.5) is 0 Å². The Labute approximate surface area is 183 Å². The van der Waals surface area contributed by atoms with Crippen molar-refractivity contribution in [1.82, 2.24) is 14.5 Å². The quantitative estimate of drug-likeness (QED) is 0.411. The van der Waals surface area contributed by atoms with Crippen LogP contribution in [-0.4, -0.2) is 32.8 Å². The second kappa shape index (κ2) is 7.30. The van der Waals surface area contributed by atoms with Gasteiger partial charge in [0.1, 0.15) is 4.83 Å². The van der Waals surface area contributed by atoms with Crippen LogP contribution < -0.4 is 5.56 Å². The summed E-state index contributed by atoms with van der Waals surface area (Å²) in [6.45, 7) is 0.292. The second-order valence-corrected chi connectivity index (χ2v) is 8.66. The van der Waals surface area contributed by atoms with Crippen molar-refractivity contribution in [1.29, 1.82) is 0 Å². The molecule has 0 bridgehead atoms. The van der Waals surface area contributed by atoms with Crippen molar-refractivity contribution < 1.29 is 9.59 Å². The Balaban J connectivity index is 1.46. The molecule has 0 radical (unpaired) electrons. The van der Waals surface area contributed by atoms with Crippen LogP contribution in [0.3, 0.4) is 0 Å². The summed E-state index contributed by atoms with van der Waals surface area (Å²) in [5.41, 5.74) is 2.38. The van der Waals surface area contributed by atoms with E-state index in [0.29, 0.717) is 21.3 Å². The van der Waals surface area contributed by atoms with Gasteiger partial charge in [0, 0.05) is 28.5 Å².